The molecule has 0 radical (unpaired) electrons. The van der Waals surface area contributed by atoms with Crippen molar-refractivity contribution in [1.29, 1.82) is 0 Å². The van der Waals surface area contributed by atoms with E-state index in [1.165, 1.54) is 17.3 Å². The topological polar surface area (TPSA) is 64.0 Å². The highest BCUT2D eigenvalue weighted by Crippen LogP contribution is 2.33. The summed E-state index contributed by atoms with van der Waals surface area (Å²) in [6.45, 7) is 2.47. The maximum Gasteiger partial charge on any atom is 0.262 e. The monoisotopic (exact) mass is 421 g/mol. The standard InChI is InChI=1S/C24H27N3O2S/c1-17(22(28)25-16-15-18-9-3-2-4-10-18)30-24-26-21-14-8-7-13-20(21)23(29)27(24)19-11-5-6-12-19/h2-4,7-10,13-14,17,19H,5-6,11-12,15-16H2,1H3,(H,25,28). The molecule has 0 saturated heterocycles. The number of thioether (sulfide) groups is 1. The first-order chi connectivity index (χ1) is 14.6. The largest absolute Gasteiger partial charge is 0.355 e. The van der Waals surface area contributed by atoms with Crippen LogP contribution in [0.1, 0.15) is 44.2 Å². The molecule has 1 amide bonds. The first kappa shape index (κ1) is 20.7. The summed E-state index contributed by atoms with van der Waals surface area (Å²) < 4.78 is 1.84. The molecule has 1 saturated carbocycles. The number of amides is 1. The molecule has 1 atom stereocenters. The Bertz CT molecular complexity index is 1070. The number of carbonyl (C=O) groups is 1. The van der Waals surface area contributed by atoms with Gasteiger partial charge in [0.05, 0.1) is 16.2 Å². The Labute approximate surface area is 180 Å². The van der Waals surface area contributed by atoms with Gasteiger partial charge in [-0.25, -0.2) is 4.98 Å². The van der Waals surface area contributed by atoms with E-state index in [-0.39, 0.29) is 22.8 Å². The van der Waals surface area contributed by atoms with E-state index in [1.807, 2.05) is 54.0 Å². The minimum absolute atomic E-state index is 0.00619. The molecule has 30 heavy (non-hydrogen) atoms. The smallest absolute Gasteiger partial charge is 0.262 e. The predicted molar refractivity (Wildman–Crippen MR) is 122 cm³/mol. The summed E-state index contributed by atoms with van der Waals surface area (Å²) in [5.41, 5.74) is 1.90. The van der Waals surface area contributed by atoms with Gasteiger partial charge in [-0.05, 0) is 43.9 Å². The third-order valence-electron chi connectivity index (χ3n) is 5.67. The van der Waals surface area contributed by atoms with Crippen LogP contribution in [0.4, 0.5) is 0 Å². The number of hydrogen-bond donors (Lipinski definition) is 1. The molecule has 3 aromatic rings. The number of nitrogens with one attached hydrogen (secondary N) is 1. The zero-order valence-electron chi connectivity index (χ0n) is 17.2. The Kier molecular flexibility index (Phi) is 6.53. The molecule has 5 nitrogen and oxygen atoms in total. The number of hydrogen-bond acceptors (Lipinski definition) is 4. The lowest BCUT2D eigenvalue weighted by Gasteiger charge is -2.20. The molecule has 2 aromatic carbocycles. The summed E-state index contributed by atoms with van der Waals surface area (Å²) in [5, 5.41) is 3.98. The first-order valence-electron chi connectivity index (χ1n) is 10.6. The third kappa shape index (κ3) is 4.59. The second kappa shape index (κ2) is 9.47. The zero-order chi connectivity index (χ0) is 20.9. The molecule has 0 spiro atoms. The normalized spacial score (nSPS) is 15.4. The second-order valence-corrected chi connectivity index (χ2v) is 9.12. The number of rotatable bonds is 7. The summed E-state index contributed by atoms with van der Waals surface area (Å²) in [7, 11) is 0. The van der Waals surface area contributed by atoms with Gasteiger partial charge in [0.25, 0.3) is 5.56 Å². The van der Waals surface area contributed by atoms with Gasteiger partial charge in [-0.3, -0.25) is 14.2 Å². The van der Waals surface area contributed by atoms with Crippen molar-refractivity contribution >= 4 is 28.6 Å². The SMILES string of the molecule is CC(Sc1nc2ccccc2c(=O)n1C1CCCC1)C(=O)NCCc1ccccc1. The van der Waals surface area contributed by atoms with E-state index in [9.17, 15) is 9.59 Å². The highest BCUT2D eigenvalue weighted by molar-refractivity contribution is 8.00. The minimum Gasteiger partial charge on any atom is -0.355 e. The van der Waals surface area contributed by atoms with Gasteiger partial charge >= 0.3 is 0 Å². The molecule has 4 rings (SSSR count). The fourth-order valence-corrected chi connectivity index (χ4v) is 5.03. The maximum absolute atomic E-state index is 13.2. The highest BCUT2D eigenvalue weighted by atomic mass is 32.2. The Morgan fingerprint density at radius 1 is 1.13 bits per heavy atom. The summed E-state index contributed by atoms with van der Waals surface area (Å²) in [6, 6.07) is 17.8. The molecule has 1 fully saturated rings. The van der Waals surface area contributed by atoms with Crippen LogP contribution >= 0.6 is 11.8 Å². The highest BCUT2D eigenvalue weighted by Gasteiger charge is 2.25. The van der Waals surface area contributed by atoms with Crippen molar-refractivity contribution in [1.82, 2.24) is 14.9 Å². The van der Waals surface area contributed by atoms with Crippen LogP contribution < -0.4 is 10.9 Å². The van der Waals surface area contributed by atoms with Crippen molar-refractivity contribution in [2.24, 2.45) is 0 Å². The molecular weight excluding hydrogens is 394 g/mol. The average molecular weight is 422 g/mol. The number of carbonyl (C=O) groups excluding carboxylic acids is 1. The number of para-hydroxylation sites is 1. The Balaban J connectivity index is 1.51. The van der Waals surface area contributed by atoms with Gasteiger partial charge in [0.2, 0.25) is 5.91 Å². The van der Waals surface area contributed by atoms with Crippen LogP contribution in [-0.4, -0.2) is 27.3 Å². The van der Waals surface area contributed by atoms with Crippen LogP contribution in [0.3, 0.4) is 0 Å². The van der Waals surface area contributed by atoms with Gasteiger partial charge in [0.15, 0.2) is 5.16 Å². The number of aromatic nitrogens is 2. The van der Waals surface area contributed by atoms with Gasteiger partial charge in [-0.15, -0.1) is 0 Å². The lowest BCUT2D eigenvalue weighted by Crippen LogP contribution is -2.33. The van der Waals surface area contributed by atoms with Crippen molar-refractivity contribution in [2.45, 2.75) is 55.5 Å². The molecule has 1 aliphatic carbocycles. The van der Waals surface area contributed by atoms with E-state index < -0.39 is 0 Å². The number of benzene rings is 2. The van der Waals surface area contributed by atoms with Crippen LogP contribution in [0.15, 0.2) is 64.5 Å². The fraction of sp³-hybridized carbons (Fsp3) is 0.375. The molecule has 1 heterocycles. The Hall–Kier alpha value is -2.60. The molecule has 0 bridgehead atoms. The lowest BCUT2D eigenvalue weighted by atomic mass is 10.1. The second-order valence-electron chi connectivity index (χ2n) is 7.81. The molecule has 1 aliphatic rings. The average Bonchev–Trinajstić information content (AvgIpc) is 3.29. The Morgan fingerprint density at radius 3 is 2.60 bits per heavy atom. The molecule has 0 aliphatic heterocycles. The molecule has 156 valence electrons. The summed E-state index contributed by atoms with van der Waals surface area (Å²) in [6.07, 6.45) is 5.04. The van der Waals surface area contributed by atoms with E-state index in [4.69, 9.17) is 4.98 Å². The molecule has 1 N–H and O–H groups in total. The molecule has 1 aromatic heterocycles. The van der Waals surface area contributed by atoms with Crippen LogP contribution in [0, 0.1) is 0 Å². The molecule has 1 unspecified atom stereocenters. The maximum atomic E-state index is 13.2. The molecule has 6 heteroatoms. The van der Waals surface area contributed by atoms with E-state index in [1.54, 1.807) is 0 Å². The van der Waals surface area contributed by atoms with Crippen molar-refractivity contribution < 1.29 is 4.79 Å². The van der Waals surface area contributed by atoms with E-state index in [2.05, 4.69) is 17.4 Å². The zero-order valence-corrected chi connectivity index (χ0v) is 18.0. The lowest BCUT2D eigenvalue weighted by molar-refractivity contribution is -0.120. The third-order valence-corrected chi connectivity index (χ3v) is 6.74. The fourth-order valence-electron chi connectivity index (χ4n) is 4.02. The quantitative estimate of drug-likeness (QED) is 0.455. The summed E-state index contributed by atoms with van der Waals surface area (Å²) in [4.78, 5) is 30.7. The first-order valence-corrected chi connectivity index (χ1v) is 11.5. The van der Waals surface area contributed by atoms with E-state index >= 15 is 0 Å². The van der Waals surface area contributed by atoms with Crippen molar-refractivity contribution in [3.05, 3.63) is 70.5 Å². The van der Waals surface area contributed by atoms with E-state index in [0.29, 0.717) is 22.6 Å². The van der Waals surface area contributed by atoms with Crippen molar-refractivity contribution in [2.75, 3.05) is 6.54 Å². The van der Waals surface area contributed by atoms with Crippen LogP contribution in [-0.2, 0) is 11.2 Å². The van der Waals surface area contributed by atoms with Gasteiger partial charge in [0.1, 0.15) is 0 Å². The summed E-state index contributed by atoms with van der Waals surface area (Å²) >= 11 is 1.38. The van der Waals surface area contributed by atoms with Gasteiger partial charge in [-0.2, -0.15) is 0 Å². The van der Waals surface area contributed by atoms with Gasteiger partial charge in [-0.1, -0.05) is 67.1 Å². The Morgan fingerprint density at radius 2 is 1.83 bits per heavy atom. The van der Waals surface area contributed by atoms with Gasteiger partial charge < -0.3 is 5.32 Å². The minimum atomic E-state index is -0.332. The van der Waals surface area contributed by atoms with Crippen molar-refractivity contribution in [3.63, 3.8) is 0 Å². The van der Waals surface area contributed by atoms with Gasteiger partial charge in [0, 0.05) is 12.6 Å². The molecular formula is C24H27N3O2S. The number of fused-ring (bicyclic) bond motifs is 1. The number of nitrogens with zero attached hydrogens (tertiary/aromatic N) is 2. The van der Waals surface area contributed by atoms with Crippen LogP contribution in [0.25, 0.3) is 10.9 Å². The van der Waals surface area contributed by atoms with Crippen molar-refractivity contribution in [3.8, 4) is 0 Å². The summed E-state index contributed by atoms with van der Waals surface area (Å²) in [5.74, 6) is -0.0312. The van der Waals surface area contributed by atoms with Crippen LogP contribution in [0.5, 0.6) is 0 Å². The van der Waals surface area contributed by atoms with E-state index in [0.717, 1.165) is 32.1 Å². The predicted octanol–water partition coefficient (Wildman–Crippen LogP) is 4.35. The van der Waals surface area contributed by atoms with Crippen LogP contribution in [0.2, 0.25) is 0 Å².